The van der Waals surface area contributed by atoms with Gasteiger partial charge in [0.25, 0.3) is 0 Å². The lowest BCUT2D eigenvalue weighted by Gasteiger charge is -2.38. The van der Waals surface area contributed by atoms with Crippen molar-refractivity contribution in [2.75, 3.05) is 18.7 Å². The van der Waals surface area contributed by atoms with Crippen LogP contribution in [0.25, 0.3) is 16.8 Å². The Hall–Kier alpha value is -3.48. The van der Waals surface area contributed by atoms with E-state index in [0.717, 1.165) is 31.2 Å². The first kappa shape index (κ1) is 29.6. The summed E-state index contributed by atoms with van der Waals surface area (Å²) in [5.41, 5.74) is 8.36. The van der Waals surface area contributed by atoms with Crippen LogP contribution < -0.4 is 11.1 Å². The average Bonchev–Trinajstić information content (AvgIpc) is 3.60. The number of halogens is 2. The third-order valence-electron chi connectivity index (χ3n) is 9.24. The highest BCUT2D eigenvalue weighted by Gasteiger charge is 2.41. The Morgan fingerprint density at radius 3 is 2.47 bits per heavy atom. The van der Waals surface area contributed by atoms with Crippen molar-refractivity contribution in [2.45, 2.75) is 68.3 Å². The predicted octanol–water partition coefficient (Wildman–Crippen LogP) is 5.48. The van der Waals surface area contributed by atoms with Crippen molar-refractivity contribution >= 4 is 27.0 Å². The zero-order valence-corrected chi connectivity index (χ0v) is 25.2. The van der Waals surface area contributed by atoms with Crippen LogP contribution in [0.4, 0.5) is 20.4 Å². The summed E-state index contributed by atoms with van der Waals surface area (Å²) in [6.45, 7) is 1.92. The maximum absolute atomic E-state index is 15.5. The average molecular weight is 611 g/mol. The van der Waals surface area contributed by atoms with Gasteiger partial charge in [0, 0.05) is 25.6 Å². The summed E-state index contributed by atoms with van der Waals surface area (Å²) < 4.78 is 63.0. The van der Waals surface area contributed by atoms with E-state index in [-0.39, 0.29) is 23.1 Å². The van der Waals surface area contributed by atoms with Gasteiger partial charge in [-0.1, -0.05) is 19.8 Å². The Morgan fingerprint density at radius 2 is 1.81 bits per heavy atom. The number of ether oxygens (including phenoxy) is 1. The fraction of sp³-hybridized carbons (Fsp3) is 0.452. The normalized spacial score (nSPS) is 24.0. The van der Waals surface area contributed by atoms with Crippen LogP contribution >= 0.6 is 0 Å². The quantitative estimate of drug-likeness (QED) is 0.282. The number of nitrogens with two attached hydrogens (primary N) is 1. The molecular weight excluding hydrogens is 574 g/mol. The van der Waals surface area contributed by atoms with Crippen LogP contribution in [-0.2, 0) is 20.2 Å². The summed E-state index contributed by atoms with van der Waals surface area (Å²) >= 11 is 0. The second kappa shape index (κ2) is 11.2. The molecule has 3 aromatic heterocycles. The molecule has 0 saturated heterocycles. The van der Waals surface area contributed by atoms with Gasteiger partial charge in [0.2, 0.25) is 5.95 Å². The molecule has 1 aromatic carbocycles. The van der Waals surface area contributed by atoms with Crippen molar-refractivity contribution in [3.63, 3.8) is 0 Å². The molecule has 4 atom stereocenters. The van der Waals surface area contributed by atoms with Gasteiger partial charge in [0.1, 0.15) is 11.6 Å². The first-order chi connectivity index (χ1) is 20.5. The van der Waals surface area contributed by atoms with E-state index in [1.165, 1.54) is 22.9 Å². The van der Waals surface area contributed by atoms with E-state index in [2.05, 4.69) is 20.4 Å². The number of imidazole rings is 1. The first-order valence-electron chi connectivity index (χ1n) is 14.6. The molecule has 4 aromatic rings. The summed E-state index contributed by atoms with van der Waals surface area (Å²) in [7, 11) is -1.70. The molecule has 2 fully saturated rings. The second-order valence-corrected chi connectivity index (χ2v) is 14.3. The van der Waals surface area contributed by atoms with Gasteiger partial charge in [-0.05, 0) is 79.0 Å². The lowest BCUT2D eigenvalue weighted by molar-refractivity contribution is -0.00914. The maximum Gasteiger partial charge on any atom is 0.229 e. The summed E-state index contributed by atoms with van der Waals surface area (Å²) in [6.07, 6.45) is 10.7. The standard InChI is InChI=1S/C31H36F2N6O3S/c1-18-12-19(13-25(34)29(18)43(3,40)41)22-8-11-35-17-27(22)37-30-36-16-21-6-7-26(38-39(21)30)28-23(32)14-20(15-24(28)33)31(42-2)9-4-5-10-31/h6-8,11,14-19,25,29H,4-5,9-10,12-13,34H2,1-3H3,(H,36,37)/t18-,19+,25+,29-/m0/s1. The molecule has 0 spiro atoms. The minimum Gasteiger partial charge on any atom is -0.374 e. The highest BCUT2D eigenvalue weighted by molar-refractivity contribution is 7.91. The predicted molar refractivity (Wildman–Crippen MR) is 161 cm³/mol. The van der Waals surface area contributed by atoms with Crippen molar-refractivity contribution in [2.24, 2.45) is 11.7 Å². The Labute approximate surface area is 249 Å². The molecule has 0 radical (unpaired) electrons. The van der Waals surface area contributed by atoms with E-state index in [4.69, 9.17) is 10.5 Å². The monoisotopic (exact) mass is 610 g/mol. The molecule has 2 aliphatic rings. The molecule has 6 rings (SSSR count). The minimum atomic E-state index is -3.28. The molecule has 3 heterocycles. The van der Waals surface area contributed by atoms with Gasteiger partial charge in [-0.2, -0.15) is 9.61 Å². The number of nitrogens with zero attached hydrogens (tertiary/aromatic N) is 4. The lowest BCUT2D eigenvalue weighted by Crippen LogP contribution is -2.48. The third kappa shape index (κ3) is 5.40. The van der Waals surface area contributed by atoms with Gasteiger partial charge < -0.3 is 15.8 Å². The topological polar surface area (TPSA) is 124 Å². The Morgan fingerprint density at radius 1 is 1.09 bits per heavy atom. The third-order valence-corrected chi connectivity index (χ3v) is 11.0. The summed E-state index contributed by atoms with van der Waals surface area (Å²) in [4.78, 5) is 8.75. The fourth-order valence-electron chi connectivity index (χ4n) is 7.28. The number of sulfone groups is 1. The molecular formula is C31H36F2N6O3S. The van der Waals surface area contributed by atoms with E-state index in [0.29, 0.717) is 35.6 Å². The zero-order chi connectivity index (χ0) is 30.5. The second-order valence-electron chi connectivity index (χ2n) is 12.0. The Kier molecular flexibility index (Phi) is 7.72. The van der Waals surface area contributed by atoms with Crippen LogP contribution in [0.2, 0.25) is 0 Å². The van der Waals surface area contributed by atoms with Crippen molar-refractivity contribution in [3.8, 4) is 11.3 Å². The molecule has 2 aliphatic carbocycles. The maximum atomic E-state index is 15.5. The Balaban J connectivity index is 1.32. The number of aromatic nitrogens is 4. The van der Waals surface area contributed by atoms with Crippen LogP contribution in [0.1, 0.15) is 62.5 Å². The molecule has 12 heteroatoms. The molecule has 43 heavy (non-hydrogen) atoms. The summed E-state index contributed by atoms with van der Waals surface area (Å²) in [5.74, 6) is -1.19. The number of methoxy groups -OCH3 is 1. The number of pyridine rings is 1. The number of hydrogen-bond donors (Lipinski definition) is 2. The molecule has 9 nitrogen and oxygen atoms in total. The molecule has 3 N–H and O–H groups in total. The van der Waals surface area contributed by atoms with Gasteiger partial charge in [-0.25, -0.2) is 22.2 Å². The van der Waals surface area contributed by atoms with Crippen molar-refractivity contribution in [1.82, 2.24) is 19.6 Å². The van der Waals surface area contributed by atoms with Crippen molar-refractivity contribution < 1.29 is 21.9 Å². The molecule has 228 valence electrons. The van der Waals surface area contributed by atoms with Crippen LogP contribution in [0.5, 0.6) is 0 Å². The molecule has 2 saturated carbocycles. The van der Waals surface area contributed by atoms with Gasteiger partial charge >= 0.3 is 0 Å². The zero-order valence-electron chi connectivity index (χ0n) is 24.4. The molecule has 0 aliphatic heterocycles. The molecule has 0 amide bonds. The Bertz CT molecular complexity index is 1740. The molecule has 0 bridgehead atoms. The summed E-state index contributed by atoms with van der Waals surface area (Å²) in [6, 6.07) is 7.40. The highest BCUT2D eigenvalue weighted by atomic mass is 32.2. The highest BCUT2D eigenvalue weighted by Crippen LogP contribution is 2.44. The van der Waals surface area contributed by atoms with E-state index in [9.17, 15) is 8.42 Å². The van der Waals surface area contributed by atoms with Crippen molar-refractivity contribution in [1.29, 1.82) is 0 Å². The minimum absolute atomic E-state index is 0.000198. The van der Waals surface area contributed by atoms with Crippen LogP contribution in [0, 0.1) is 17.6 Å². The number of anilines is 2. The lowest BCUT2D eigenvalue weighted by atomic mass is 9.76. The van der Waals surface area contributed by atoms with Gasteiger partial charge in [-0.3, -0.25) is 4.98 Å². The van der Waals surface area contributed by atoms with Gasteiger partial charge in [0.05, 0.1) is 45.7 Å². The number of fused-ring (bicyclic) bond motifs is 1. The van der Waals surface area contributed by atoms with Crippen LogP contribution in [0.15, 0.2) is 48.9 Å². The van der Waals surface area contributed by atoms with E-state index < -0.39 is 38.4 Å². The van der Waals surface area contributed by atoms with Crippen molar-refractivity contribution in [3.05, 3.63) is 71.7 Å². The van der Waals surface area contributed by atoms with E-state index >= 15 is 8.78 Å². The number of hydrogen-bond acceptors (Lipinski definition) is 8. The molecule has 0 unspecified atom stereocenters. The van der Waals surface area contributed by atoms with Crippen LogP contribution in [-0.4, -0.2) is 52.7 Å². The van der Waals surface area contributed by atoms with Gasteiger partial charge in [-0.15, -0.1) is 0 Å². The number of nitrogens with one attached hydrogen (secondary N) is 1. The van der Waals surface area contributed by atoms with E-state index in [1.54, 1.807) is 37.8 Å². The van der Waals surface area contributed by atoms with E-state index in [1.807, 2.05) is 13.0 Å². The first-order valence-corrected chi connectivity index (χ1v) is 16.5. The smallest absolute Gasteiger partial charge is 0.229 e. The SMILES string of the molecule is COC1(c2cc(F)c(-c3ccc4cnc(Nc5cnccc5[C@H]5C[C@@H](N)[C@@H](S(C)(=O)=O)[C@@H](C)C5)n4n3)c(F)c2)CCCC1. The summed E-state index contributed by atoms with van der Waals surface area (Å²) in [5, 5.41) is 7.27. The fourth-order valence-corrected chi connectivity index (χ4v) is 8.98. The number of benzene rings is 1. The largest absolute Gasteiger partial charge is 0.374 e. The van der Waals surface area contributed by atoms with Crippen LogP contribution in [0.3, 0.4) is 0 Å². The number of rotatable bonds is 7. The van der Waals surface area contributed by atoms with Gasteiger partial charge in [0.15, 0.2) is 9.84 Å².